The molecule has 1 aromatic rings. The van der Waals surface area contributed by atoms with Gasteiger partial charge in [0.05, 0.1) is 0 Å². The second-order valence-electron chi connectivity index (χ2n) is 4.61. The Bertz CT molecular complexity index is 699. The van der Waals surface area contributed by atoms with Gasteiger partial charge in [-0.15, -0.1) is 0 Å². The molecule has 19 heavy (non-hydrogen) atoms. The standard InChI is InChI=1S/C16H12O3/c1-2-12-5-6-13(19-14(12)3-1)8-11-4-7-15-16(9-11)18-10-17-15/h1-7,9H,8,10H2. The number of hydrogen-bond donors (Lipinski definition) is 0. The zero-order valence-corrected chi connectivity index (χ0v) is 10.3. The first-order valence-electron chi connectivity index (χ1n) is 6.24. The summed E-state index contributed by atoms with van der Waals surface area (Å²) < 4.78 is 16.5. The molecule has 0 spiro atoms. The lowest BCUT2D eigenvalue weighted by Crippen LogP contribution is -1.93. The smallest absolute Gasteiger partial charge is 0.231 e. The van der Waals surface area contributed by atoms with Gasteiger partial charge in [0.15, 0.2) is 11.5 Å². The highest BCUT2D eigenvalue weighted by molar-refractivity contribution is 5.60. The summed E-state index contributed by atoms with van der Waals surface area (Å²) in [7, 11) is 0. The van der Waals surface area contributed by atoms with Crippen LogP contribution in [-0.2, 0) is 6.42 Å². The molecule has 0 N–H and O–H groups in total. The maximum absolute atomic E-state index is 5.85. The average molecular weight is 252 g/mol. The minimum absolute atomic E-state index is 0.308. The number of hydrogen-bond acceptors (Lipinski definition) is 3. The number of benzene rings is 1. The third kappa shape index (κ3) is 1.83. The summed E-state index contributed by atoms with van der Waals surface area (Å²) in [6.45, 7) is 0.308. The molecule has 1 aromatic carbocycles. The molecule has 4 rings (SSSR count). The normalized spacial score (nSPS) is 13.1. The van der Waals surface area contributed by atoms with Crippen molar-refractivity contribution in [2.75, 3.05) is 6.79 Å². The van der Waals surface area contributed by atoms with Crippen LogP contribution >= 0.6 is 0 Å². The van der Waals surface area contributed by atoms with Crippen LogP contribution in [0.5, 0.6) is 11.5 Å². The molecule has 0 bridgehead atoms. The quantitative estimate of drug-likeness (QED) is 0.696. The highest BCUT2D eigenvalue weighted by Crippen LogP contribution is 2.33. The molecule has 2 heterocycles. The van der Waals surface area contributed by atoms with Gasteiger partial charge < -0.3 is 13.9 Å². The monoisotopic (exact) mass is 252 g/mol. The van der Waals surface area contributed by atoms with Crippen LogP contribution < -0.4 is 9.47 Å². The Kier molecular flexibility index (Phi) is 2.24. The van der Waals surface area contributed by atoms with Crippen molar-refractivity contribution in [2.24, 2.45) is 0 Å². The number of fused-ring (bicyclic) bond motifs is 2. The highest BCUT2D eigenvalue weighted by Gasteiger charge is 2.14. The third-order valence-electron chi connectivity index (χ3n) is 3.31. The van der Waals surface area contributed by atoms with Crippen LogP contribution in [0.4, 0.5) is 0 Å². The molecule has 0 amide bonds. The van der Waals surface area contributed by atoms with Crippen molar-refractivity contribution < 1.29 is 13.9 Å². The molecule has 0 fully saturated rings. The van der Waals surface area contributed by atoms with E-state index in [0.717, 1.165) is 40.6 Å². The molecule has 1 aliphatic carbocycles. The van der Waals surface area contributed by atoms with E-state index in [0.29, 0.717) is 6.79 Å². The molecule has 0 saturated heterocycles. The summed E-state index contributed by atoms with van der Waals surface area (Å²) in [5.41, 5.74) is 2.29. The van der Waals surface area contributed by atoms with E-state index >= 15 is 0 Å². The lowest BCUT2D eigenvalue weighted by Gasteiger charge is -2.05. The number of rotatable bonds is 2. The fourth-order valence-corrected chi connectivity index (χ4v) is 2.35. The second-order valence-corrected chi connectivity index (χ2v) is 4.61. The summed E-state index contributed by atoms with van der Waals surface area (Å²) in [5, 5.41) is 0. The van der Waals surface area contributed by atoms with E-state index in [9.17, 15) is 0 Å². The fourth-order valence-electron chi connectivity index (χ4n) is 2.35. The zero-order valence-electron chi connectivity index (χ0n) is 10.3. The maximum Gasteiger partial charge on any atom is 0.231 e. The van der Waals surface area contributed by atoms with E-state index in [1.54, 1.807) is 0 Å². The molecule has 94 valence electrons. The van der Waals surface area contributed by atoms with Crippen molar-refractivity contribution >= 4 is 0 Å². The Labute approximate surface area is 110 Å². The van der Waals surface area contributed by atoms with Gasteiger partial charge >= 0.3 is 0 Å². The van der Waals surface area contributed by atoms with Gasteiger partial charge in [0.25, 0.3) is 0 Å². The zero-order chi connectivity index (χ0) is 12.7. The van der Waals surface area contributed by atoms with E-state index in [1.165, 1.54) is 0 Å². The number of ether oxygens (including phenoxy) is 2. The Morgan fingerprint density at radius 3 is 2.84 bits per heavy atom. The SMILES string of the molecule is c1cc2ccc(Cc3ccc4c(c3)OCO4)oc-2c1. The summed E-state index contributed by atoms with van der Waals surface area (Å²) in [4.78, 5) is 0. The van der Waals surface area contributed by atoms with Crippen LogP contribution in [0.25, 0.3) is 11.3 Å². The van der Waals surface area contributed by atoms with E-state index in [4.69, 9.17) is 13.9 Å². The fraction of sp³-hybridized carbons (Fsp3) is 0.125. The van der Waals surface area contributed by atoms with Crippen LogP contribution in [-0.4, -0.2) is 6.79 Å². The van der Waals surface area contributed by atoms with Gasteiger partial charge in [0, 0.05) is 12.0 Å². The molecule has 0 aromatic heterocycles. The molecule has 3 heteroatoms. The van der Waals surface area contributed by atoms with Crippen LogP contribution in [0, 0.1) is 0 Å². The van der Waals surface area contributed by atoms with Crippen molar-refractivity contribution in [2.45, 2.75) is 6.42 Å². The van der Waals surface area contributed by atoms with Crippen molar-refractivity contribution in [3.05, 3.63) is 59.9 Å². The van der Waals surface area contributed by atoms with Gasteiger partial charge in [-0.3, -0.25) is 0 Å². The molecular formula is C16H12O3. The minimum atomic E-state index is 0.308. The second kappa shape index (κ2) is 4.05. The van der Waals surface area contributed by atoms with Crippen LogP contribution in [0.3, 0.4) is 0 Å². The first kappa shape index (κ1) is 10.5. The molecule has 0 radical (unpaired) electrons. The Hall–Kier alpha value is -2.42. The van der Waals surface area contributed by atoms with Gasteiger partial charge in [-0.25, -0.2) is 0 Å². The van der Waals surface area contributed by atoms with Crippen LogP contribution in [0.1, 0.15) is 11.3 Å². The summed E-state index contributed by atoms with van der Waals surface area (Å²) in [6.07, 6.45) is 0.748. The molecule has 0 atom stereocenters. The Balaban J connectivity index is 1.66. The van der Waals surface area contributed by atoms with Gasteiger partial charge in [-0.2, -0.15) is 0 Å². The Morgan fingerprint density at radius 2 is 1.84 bits per heavy atom. The molecule has 3 nitrogen and oxygen atoms in total. The lowest BCUT2D eigenvalue weighted by atomic mass is 10.1. The van der Waals surface area contributed by atoms with Gasteiger partial charge in [-0.1, -0.05) is 18.2 Å². The Morgan fingerprint density at radius 1 is 0.895 bits per heavy atom. The predicted octanol–water partition coefficient (Wildman–Crippen LogP) is 3.70. The summed E-state index contributed by atoms with van der Waals surface area (Å²) in [6, 6.07) is 16.1. The molecule has 0 unspecified atom stereocenters. The van der Waals surface area contributed by atoms with Crippen LogP contribution in [0.15, 0.2) is 52.9 Å². The van der Waals surface area contributed by atoms with Crippen molar-refractivity contribution in [3.63, 3.8) is 0 Å². The minimum Gasteiger partial charge on any atom is -0.461 e. The van der Waals surface area contributed by atoms with E-state index in [-0.39, 0.29) is 0 Å². The van der Waals surface area contributed by atoms with E-state index in [1.807, 2.05) is 42.5 Å². The van der Waals surface area contributed by atoms with Gasteiger partial charge in [0.1, 0.15) is 11.5 Å². The van der Waals surface area contributed by atoms with Crippen molar-refractivity contribution in [1.82, 2.24) is 0 Å². The lowest BCUT2D eigenvalue weighted by molar-refractivity contribution is 0.174. The predicted molar refractivity (Wildman–Crippen MR) is 70.7 cm³/mol. The van der Waals surface area contributed by atoms with Crippen molar-refractivity contribution in [1.29, 1.82) is 0 Å². The first-order chi connectivity index (χ1) is 9.38. The molecule has 0 saturated carbocycles. The van der Waals surface area contributed by atoms with Crippen molar-refractivity contribution in [3.8, 4) is 22.8 Å². The molecule has 2 aliphatic heterocycles. The first-order valence-corrected chi connectivity index (χ1v) is 6.24. The van der Waals surface area contributed by atoms with E-state index < -0.39 is 0 Å². The summed E-state index contributed by atoms with van der Waals surface area (Å²) in [5.74, 6) is 3.50. The maximum atomic E-state index is 5.85. The van der Waals surface area contributed by atoms with Gasteiger partial charge in [0.2, 0.25) is 6.79 Å². The van der Waals surface area contributed by atoms with E-state index in [2.05, 4.69) is 6.07 Å². The highest BCUT2D eigenvalue weighted by atomic mass is 16.7. The molecular weight excluding hydrogens is 240 g/mol. The average Bonchev–Trinajstić information content (AvgIpc) is 3.05. The molecule has 3 aliphatic rings. The van der Waals surface area contributed by atoms with Crippen LogP contribution in [0.2, 0.25) is 0 Å². The van der Waals surface area contributed by atoms with Gasteiger partial charge in [-0.05, 0) is 35.9 Å². The topological polar surface area (TPSA) is 31.6 Å². The summed E-state index contributed by atoms with van der Waals surface area (Å²) >= 11 is 0. The third-order valence-corrected chi connectivity index (χ3v) is 3.31. The largest absolute Gasteiger partial charge is 0.461 e.